The van der Waals surface area contributed by atoms with Crippen molar-refractivity contribution in [1.82, 2.24) is 20.4 Å². The average molecular weight is 533 g/mol. The van der Waals surface area contributed by atoms with Crippen molar-refractivity contribution in [3.05, 3.63) is 107 Å². The molecule has 38 heavy (non-hydrogen) atoms. The molecular weight excluding hydrogens is 499 g/mol. The van der Waals surface area contributed by atoms with Crippen LogP contribution in [0.4, 0.5) is 4.39 Å². The van der Waals surface area contributed by atoms with Gasteiger partial charge in [-0.2, -0.15) is 0 Å². The highest BCUT2D eigenvalue weighted by Gasteiger charge is 2.35. The van der Waals surface area contributed by atoms with Crippen molar-refractivity contribution in [2.75, 3.05) is 13.6 Å². The van der Waals surface area contributed by atoms with E-state index in [0.29, 0.717) is 36.6 Å². The number of hydrogen-bond acceptors (Lipinski definition) is 3. The monoisotopic (exact) mass is 532 g/mol. The fraction of sp³-hybridized carbons (Fsp3) is 0.300. The summed E-state index contributed by atoms with van der Waals surface area (Å²) in [4.78, 5) is 30.5. The van der Waals surface area contributed by atoms with E-state index in [1.165, 1.54) is 6.07 Å². The van der Waals surface area contributed by atoms with Crippen molar-refractivity contribution in [2.45, 2.75) is 44.4 Å². The van der Waals surface area contributed by atoms with Crippen molar-refractivity contribution >= 4 is 29.1 Å². The second kappa shape index (κ2) is 13.1. The summed E-state index contributed by atoms with van der Waals surface area (Å²) in [6.07, 6.45) is 1.80. The Morgan fingerprint density at radius 1 is 1.00 bits per heavy atom. The van der Waals surface area contributed by atoms with Crippen molar-refractivity contribution in [1.29, 1.82) is 0 Å². The lowest BCUT2D eigenvalue weighted by Crippen LogP contribution is -2.55. The summed E-state index contributed by atoms with van der Waals surface area (Å²) in [5.74, 6) is -0.698. The Hall–Kier alpha value is -3.78. The number of amides is 2. The Bertz CT molecular complexity index is 1240. The number of halogens is 1. The first kappa shape index (κ1) is 27.3. The van der Waals surface area contributed by atoms with Crippen LogP contribution in [0.1, 0.15) is 29.5 Å². The van der Waals surface area contributed by atoms with Gasteiger partial charge in [0, 0.05) is 38.7 Å². The third-order valence-corrected chi connectivity index (χ3v) is 7.12. The van der Waals surface area contributed by atoms with Crippen molar-refractivity contribution < 1.29 is 14.0 Å². The zero-order valence-electron chi connectivity index (χ0n) is 21.5. The highest BCUT2D eigenvalue weighted by atomic mass is 32.1. The first-order valence-corrected chi connectivity index (χ1v) is 13.2. The number of carbonyl (C=O) groups excluding carboxylic acids is 2. The number of carbonyl (C=O) groups is 2. The van der Waals surface area contributed by atoms with E-state index in [2.05, 4.69) is 10.6 Å². The van der Waals surface area contributed by atoms with Gasteiger partial charge in [-0.15, -0.1) is 0 Å². The summed E-state index contributed by atoms with van der Waals surface area (Å²) in [5, 5.41) is 6.51. The molecule has 0 aromatic heterocycles. The van der Waals surface area contributed by atoms with E-state index in [1.807, 2.05) is 65.6 Å². The minimum atomic E-state index is -0.721. The van der Waals surface area contributed by atoms with E-state index in [1.54, 1.807) is 30.1 Å². The molecule has 2 amide bonds. The number of nitrogens with one attached hydrogen (secondary N) is 2. The minimum absolute atomic E-state index is 0.157. The molecule has 0 spiro atoms. The molecular formula is C30H33FN4O2S. The van der Waals surface area contributed by atoms with Gasteiger partial charge in [-0.25, -0.2) is 4.39 Å². The van der Waals surface area contributed by atoms with Gasteiger partial charge in [0.1, 0.15) is 17.9 Å². The number of rotatable bonds is 9. The Labute approximate surface area is 228 Å². The Balaban J connectivity index is 1.43. The molecule has 0 bridgehead atoms. The highest BCUT2D eigenvalue weighted by molar-refractivity contribution is 7.80. The lowest BCUT2D eigenvalue weighted by molar-refractivity contribution is -0.136. The summed E-state index contributed by atoms with van der Waals surface area (Å²) in [6.45, 7) is 1.29. The molecule has 2 N–H and O–H groups in total. The number of thiocarbonyl (C=S) groups is 1. The van der Waals surface area contributed by atoms with Crippen LogP contribution in [0.15, 0.2) is 84.9 Å². The predicted molar refractivity (Wildman–Crippen MR) is 151 cm³/mol. The third-order valence-electron chi connectivity index (χ3n) is 6.74. The SMILES string of the molecule is CN(Cc1ccccc1)C(=O)[C@H](Cc1ccccc1)NC(=O)[C@@H]1CCCN1C(=S)NCc1ccccc1F. The molecule has 1 saturated heterocycles. The summed E-state index contributed by atoms with van der Waals surface area (Å²) in [7, 11) is 1.75. The van der Waals surface area contributed by atoms with E-state index in [9.17, 15) is 14.0 Å². The number of likely N-dealkylation sites (N-methyl/N-ethyl adjacent to an activating group) is 1. The molecule has 1 heterocycles. The van der Waals surface area contributed by atoms with Crippen LogP contribution in [0.25, 0.3) is 0 Å². The Morgan fingerprint density at radius 2 is 1.63 bits per heavy atom. The average Bonchev–Trinajstić information content (AvgIpc) is 3.43. The van der Waals surface area contributed by atoms with Gasteiger partial charge in [-0.3, -0.25) is 9.59 Å². The Morgan fingerprint density at radius 3 is 2.32 bits per heavy atom. The number of nitrogens with zero attached hydrogens (tertiary/aromatic N) is 2. The molecule has 1 aliphatic heterocycles. The Kier molecular flexibility index (Phi) is 9.43. The first-order chi connectivity index (χ1) is 18.4. The quantitative estimate of drug-likeness (QED) is 0.407. The molecule has 1 aliphatic rings. The van der Waals surface area contributed by atoms with Gasteiger partial charge in [-0.1, -0.05) is 78.9 Å². The molecule has 0 saturated carbocycles. The number of hydrogen-bond donors (Lipinski definition) is 2. The van der Waals surface area contributed by atoms with Gasteiger partial charge in [-0.05, 0) is 42.3 Å². The van der Waals surface area contributed by atoms with Crippen molar-refractivity contribution in [3.8, 4) is 0 Å². The third kappa shape index (κ3) is 7.16. The van der Waals surface area contributed by atoms with E-state index >= 15 is 0 Å². The molecule has 3 aromatic carbocycles. The maximum Gasteiger partial charge on any atom is 0.245 e. The summed E-state index contributed by atoms with van der Waals surface area (Å²) < 4.78 is 14.0. The van der Waals surface area contributed by atoms with Crippen LogP contribution < -0.4 is 10.6 Å². The van der Waals surface area contributed by atoms with E-state index in [4.69, 9.17) is 12.2 Å². The molecule has 6 nitrogen and oxygen atoms in total. The standard InChI is InChI=1S/C30H33FN4O2S/c1-34(21-23-13-6-3-7-14-23)29(37)26(19-22-11-4-2-5-12-22)33-28(36)27-17-10-18-35(27)30(38)32-20-24-15-8-9-16-25(24)31/h2-9,11-16,26-27H,10,17-21H2,1H3,(H,32,38)(H,33,36)/t26-,27-/m0/s1. The number of benzene rings is 3. The highest BCUT2D eigenvalue weighted by Crippen LogP contribution is 2.19. The maximum atomic E-state index is 14.0. The van der Waals surface area contributed by atoms with Crippen molar-refractivity contribution in [2.24, 2.45) is 0 Å². The molecule has 0 aliphatic carbocycles. The molecule has 198 valence electrons. The van der Waals surface area contributed by atoms with Crippen LogP contribution in [0.2, 0.25) is 0 Å². The van der Waals surface area contributed by atoms with Crippen LogP contribution in [0, 0.1) is 5.82 Å². The van der Waals surface area contributed by atoms with E-state index in [-0.39, 0.29) is 24.2 Å². The molecule has 4 rings (SSSR count). The zero-order chi connectivity index (χ0) is 26.9. The zero-order valence-corrected chi connectivity index (χ0v) is 22.3. The first-order valence-electron chi connectivity index (χ1n) is 12.8. The molecule has 0 radical (unpaired) electrons. The lowest BCUT2D eigenvalue weighted by Gasteiger charge is -2.30. The van der Waals surface area contributed by atoms with Gasteiger partial charge in [0.2, 0.25) is 11.8 Å². The van der Waals surface area contributed by atoms with Crippen LogP contribution in [0.3, 0.4) is 0 Å². The van der Waals surface area contributed by atoms with Crippen LogP contribution in [-0.2, 0) is 29.1 Å². The summed E-state index contributed by atoms with van der Waals surface area (Å²) in [6, 6.07) is 24.7. The minimum Gasteiger partial charge on any atom is -0.358 e. The molecule has 0 unspecified atom stereocenters. The second-order valence-electron chi connectivity index (χ2n) is 9.53. The summed E-state index contributed by atoms with van der Waals surface area (Å²) >= 11 is 5.57. The largest absolute Gasteiger partial charge is 0.358 e. The molecule has 3 aromatic rings. The van der Waals surface area contributed by atoms with E-state index in [0.717, 1.165) is 17.5 Å². The predicted octanol–water partition coefficient (Wildman–Crippen LogP) is 4.05. The summed E-state index contributed by atoms with van der Waals surface area (Å²) in [5.41, 5.74) is 2.48. The second-order valence-corrected chi connectivity index (χ2v) is 9.92. The number of likely N-dealkylation sites (tertiary alicyclic amines) is 1. The smallest absolute Gasteiger partial charge is 0.245 e. The van der Waals surface area contributed by atoms with Gasteiger partial charge in [0.15, 0.2) is 5.11 Å². The van der Waals surface area contributed by atoms with Crippen LogP contribution in [-0.4, -0.2) is 52.4 Å². The topological polar surface area (TPSA) is 64.7 Å². The maximum absolute atomic E-state index is 14.0. The fourth-order valence-corrected chi connectivity index (χ4v) is 5.01. The van der Waals surface area contributed by atoms with Crippen LogP contribution in [0.5, 0.6) is 0 Å². The molecule has 8 heteroatoms. The fourth-order valence-electron chi connectivity index (χ4n) is 4.72. The molecule has 2 atom stereocenters. The van der Waals surface area contributed by atoms with Gasteiger partial charge in [0.25, 0.3) is 0 Å². The van der Waals surface area contributed by atoms with Crippen LogP contribution >= 0.6 is 12.2 Å². The van der Waals surface area contributed by atoms with Gasteiger partial charge >= 0.3 is 0 Å². The van der Waals surface area contributed by atoms with Crippen molar-refractivity contribution in [3.63, 3.8) is 0 Å². The normalized spacial score (nSPS) is 15.5. The van der Waals surface area contributed by atoms with Gasteiger partial charge in [0.05, 0.1) is 0 Å². The van der Waals surface area contributed by atoms with E-state index < -0.39 is 12.1 Å². The van der Waals surface area contributed by atoms with Gasteiger partial charge < -0.3 is 20.4 Å². The lowest BCUT2D eigenvalue weighted by atomic mass is 10.0. The molecule has 1 fully saturated rings.